The molecule has 0 spiro atoms. The van der Waals surface area contributed by atoms with E-state index in [4.69, 9.17) is 0 Å². The molecule has 0 N–H and O–H groups in total. The second-order valence-electron chi connectivity index (χ2n) is 5.40. The van der Waals surface area contributed by atoms with Gasteiger partial charge in [-0.1, -0.05) is 0 Å². The number of sulfone groups is 1. The summed E-state index contributed by atoms with van der Waals surface area (Å²) < 4.78 is 22.8. The predicted molar refractivity (Wildman–Crippen MR) is 82.4 cm³/mol. The minimum Gasteiger partial charge on any atom is -0.298 e. The zero-order valence-electron chi connectivity index (χ0n) is 11.0. The van der Waals surface area contributed by atoms with Crippen LogP contribution >= 0.6 is 23.5 Å². The van der Waals surface area contributed by atoms with Crippen molar-refractivity contribution in [1.82, 2.24) is 4.90 Å². The summed E-state index contributed by atoms with van der Waals surface area (Å²) in [6.45, 7) is 2.14. The van der Waals surface area contributed by atoms with Crippen LogP contribution in [0.25, 0.3) is 0 Å². The zero-order chi connectivity index (χ0) is 13.0. The second kappa shape index (κ2) is 6.86. The SMILES string of the molecule is CS(=O)(=O)CC1CCCN(C2CSCCSC2)C1. The Morgan fingerprint density at radius 2 is 1.89 bits per heavy atom. The summed E-state index contributed by atoms with van der Waals surface area (Å²) in [5, 5.41) is 0. The van der Waals surface area contributed by atoms with Crippen molar-refractivity contribution >= 4 is 33.4 Å². The van der Waals surface area contributed by atoms with E-state index in [1.165, 1.54) is 29.3 Å². The van der Waals surface area contributed by atoms with Crippen molar-refractivity contribution in [2.75, 3.05) is 48.1 Å². The molecule has 2 aliphatic rings. The van der Waals surface area contributed by atoms with Crippen LogP contribution in [0.2, 0.25) is 0 Å². The molecule has 0 aromatic carbocycles. The van der Waals surface area contributed by atoms with E-state index >= 15 is 0 Å². The minimum absolute atomic E-state index is 0.354. The van der Waals surface area contributed by atoms with E-state index in [1.54, 1.807) is 0 Å². The third-order valence-electron chi connectivity index (χ3n) is 3.60. The van der Waals surface area contributed by atoms with Gasteiger partial charge in [-0.05, 0) is 25.3 Å². The molecule has 1 atom stereocenters. The van der Waals surface area contributed by atoms with Crippen molar-refractivity contribution in [3.05, 3.63) is 0 Å². The molecule has 0 amide bonds. The Bertz CT molecular complexity index is 350. The van der Waals surface area contributed by atoms with E-state index in [1.807, 2.05) is 0 Å². The van der Waals surface area contributed by atoms with Gasteiger partial charge in [0.25, 0.3) is 0 Å². The van der Waals surface area contributed by atoms with Crippen molar-refractivity contribution in [3.8, 4) is 0 Å². The number of rotatable bonds is 3. The fourth-order valence-electron chi connectivity index (χ4n) is 2.81. The van der Waals surface area contributed by atoms with Crippen LogP contribution in [0.1, 0.15) is 12.8 Å². The Morgan fingerprint density at radius 3 is 2.50 bits per heavy atom. The lowest BCUT2D eigenvalue weighted by Crippen LogP contribution is -2.46. The Balaban J connectivity index is 1.89. The van der Waals surface area contributed by atoms with Crippen molar-refractivity contribution in [2.24, 2.45) is 5.92 Å². The molecule has 3 nitrogen and oxygen atoms in total. The molecule has 0 saturated carbocycles. The summed E-state index contributed by atoms with van der Waals surface area (Å²) in [7, 11) is -2.82. The van der Waals surface area contributed by atoms with Gasteiger partial charge in [0.2, 0.25) is 0 Å². The Labute approximate surface area is 119 Å². The van der Waals surface area contributed by atoms with Gasteiger partial charge in [0.05, 0.1) is 5.75 Å². The van der Waals surface area contributed by atoms with Gasteiger partial charge in [-0.2, -0.15) is 23.5 Å². The maximum Gasteiger partial charge on any atom is 0.147 e. The molecule has 0 radical (unpaired) electrons. The summed E-state index contributed by atoms with van der Waals surface area (Å²) >= 11 is 4.10. The summed E-state index contributed by atoms with van der Waals surface area (Å²) in [6, 6.07) is 0.657. The molecule has 2 saturated heterocycles. The van der Waals surface area contributed by atoms with Crippen LogP contribution in [0, 0.1) is 5.92 Å². The average molecular weight is 310 g/mol. The third kappa shape index (κ3) is 4.94. The number of piperidine rings is 1. The van der Waals surface area contributed by atoms with Gasteiger partial charge in [0.15, 0.2) is 0 Å². The van der Waals surface area contributed by atoms with Crippen LogP contribution in [-0.2, 0) is 9.84 Å². The highest BCUT2D eigenvalue weighted by Crippen LogP contribution is 2.25. The molecule has 1 unspecified atom stereocenters. The highest BCUT2D eigenvalue weighted by molar-refractivity contribution is 8.03. The van der Waals surface area contributed by atoms with Gasteiger partial charge in [0.1, 0.15) is 9.84 Å². The molecular formula is C12H23NO2S3. The van der Waals surface area contributed by atoms with E-state index < -0.39 is 9.84 Å². The van der Waals surface area contributed by atoms with Gasteiger partial charge >= 0.3 is 0 Å². The number of thioether (sulfide) groups is 2. The summed E-state index contributed by atoms with van der Waals surface area (Å²) in [6.07, 6.45) is 3.60. The minimum atomic E-state index is -2.82. The Kier molecular flexibility index (Phi) is 5.72. The molecule has 0 aliphatic carbocycles. The fourth-order valence-corrected chi connectivity index (χ4v) is 6.56. The van der Waals surface area contributed by atoms with E-state index in [-0.39, 0.29) is 0 Å². The highest BCUT2D eigenvalue weighted by atomic mass is 32.2. The van der Waals surface area contributed by atoms with Crippen LogP contribution in [0.3, 0.4) is 0 Å². The van der Waals surface area contributed by atoms with Crippen molar-refractivity contribution in [3.63, 3.8) is 0 Å². The van der Waals surface area contributed by atoms with Gasteiger partial charge in [-0.3, -0.25) is 4.90 Å². The van der Waals surface area contributed by atoms with Crippen LogP contribution in [0.15, 0.2) is 0 Å². The van der Waals surface area contributed by atoms with Gasteiger partial charge < -0.3 is 0 Å². The van der Waals surface area contributed by atoms with Gasteiger partial charge in [0, 0.05) is 41.9 Å². The van der Waals surface area contributed by atoms with E-state index in [9.17, 15) is 8.42 Å². The van der Waals surface area contributed by atoms with E-state index in [0.717, 1.165) is 25.9 Å². The zero-order valence-corrected chi connectivity index (χ0v) is 13.5. The van der Waals surface area contributed by atoms with Crippen LogP contribution < -0.4 is 0 Å². The fraction of sp³-hybridized carbons (Fsp3) is 1.00. The highest BCUT2D eigenvalue weighted by Gasteiger charge is 2.28. The molecule has 2 fully saturated rings. The Hall–Kier alpha value is 0.610. The molecule has 106 valence electrons. The first kappa shape index (κ1) is 15.0. The number of likely N-dealkylation sites (tertiary alicyclic amines) is 1. The lowest BCUT2D eigenvalue weighted by molar-refractivity contribution is 0.153. The summed E-state index contributed by atoms with van der Waals surface area (Å²) in [5.41, 5.74) is 0. The first-order chi connectivity index (χ1) is 8.54. The van der Waals surface area contributed by atoms with Gasteiger partial charge in [-0.25, -0.2) is 8.42 Å². The Morgan fingerprint density at radius 1 is 1.22 bits per heavy atom. The molecule has 6 heteroatoms. The number of hydrogen-bond acceptors (Lipinski definition) is 5. The molecule has 18 heavy (non-hydrogen) atoms. The van der Waals surface area contributed by atoms with Crippen molar-refractivity contribution in [1.29, 1.82) is 0 Å². The number of nitrogens with zero attached hydrogens (tertiary/aromatic N) is 1. The molecule has 0 aromatic rings. The molecule has 2 rings (SSSR count). The normalized spacial score (nSPS) is 29.1. The lowest BCUT2D eigenvalue weighted by atomic mass is 9.99. The summed E-state index contributed by atoms with van der Waals surface area (Å²) in [5.74, 6) is 5.70. The molecule has 2 aliphatic heterocycles. The van der Waals surface area contributed by atoms with Crippen molar-refractivity contribution in [2.45, 2.75) is 18.9 Å². The van der Waals surface area contributed by atoms with Crippen LogP contribution in [-0.4, -0.2) is 67.5 Å². The lowest BCUT2D eigenvalue weighted by Gasteiger charge is -2.37. The quantitative estimate of drug-likeness (QED) is 0.791. The molecule has 0 bridgehead atoms. The van der Waals surface area contributed by atoms with E-state index in [0.29, 0.717) is 17.7 Å². The van der Waals surface area contributed by atoms with Crippen LogP contribution in [0.5, 0.6) is 0 Å². The maximum atomic E-state index is 11.4. The first-order valence-electron chi connectivity index (χ1n) is 6.62. The monoisotopic (exact) mass is 309 g/mol. The van der Waals surface area contributed by atoms with Crippen LogP contribution in [0.4, 0.5) is 0 Å². The smallest absolute Gasteiger partial charge is 0.147 e. The van der Waals surface area contributed by atoms with E-state index in [2.05, 4.69) is 28.4 Å². The molecule has 0 aromatic heterocycles. The average Bonchev–Trinajstić information content (AvgIpc) is 2.55. The third-order valence-corrected chi connectivity index (χ3v) is 7.16. The largest absolute Gasteiger partial charge is 0.298 e. The van der Waals surface area contributed by atoms with Crippen molar-refractivity contribution < 1.29 is 8.42 Å². The number of hydrogen-bond donors (Lipinski definition) is 0. The second-order valence-corrected chi connectivity index (χ2v) is 9.88. The standard InChI is InChI=1S/C12H23NO2S3/c1-18(14,15)10-11-3-2-4-13(7-11)12-8-16-5-6-17-9-12/h11-12H,2-10H2,1H3. The molecule has 2 heterocycles. The molecular weight excluding hydrogens is 286 g/mol. The first-order valence-corrected chi connectivity index (χ1v) is 11.0. The predicted octanol–water partition coefficient (Wildman–Crippen LogP) is 1.59. The van der Waals surface area contributed by atoms with Gasteiger partial charge in [-0.15, -0.1) is 0 Å². The maximum absolute atomic E-state index is 11.4. The summed E-state index contributed by atoms with van der Waals surface area (Å²) in [4.78, 5) is 2.55. The topological polar surface area (TPSA) is 37.4 Å².